The zero-order chi connectivity index (χ0) is 13.2. The van der Waals surface area contributed by atoms with Gasteiger partial charge in [0.15, 0.2) is 0 Å². The minimum Gasteiger partial charge on any atom is -0.377 e. The molecule has 1 fully saturated rings. The Bertz CT molecular complexity index is 231. The van der Waals surface area contributed by atoms with E-state index in [2.05, 4.69) is 17.3 Å². The van der Waals surface area contributed by atoms with Crippen LogP contribution in [0.3, 0.4) is 0 Å². The number of carbonyl (C=O) groups excluding carboxylic acids is 1. The Labute approximate surface area is 109 Å². The second-order valence-corrected chi connectivity index (χ2v) is 4.54. The molecule has 0 bridgehead atoms. The number of carbonyl (C=O) groups is 1. The summed E-state index contributed by atoms with van der Waals surface area (Å²) in [5, 5.41) is 2.64. The van der Waals surface area contributed by atoms with E-state index in [4.69, 9.17) is 15.2 Å². The molecule has 3 N–H and O–H groups in total. The van der Waals surface area contributed by atoms with Crippen LogP contribution >= 0.6 is 0 Å². The normalized spacial score (nSPS) is 17.9. The Balaban J connectivity index is 1.85. The van der Waals surface area contributed by atoms with Crippen LogP contribution in [0, 0.1) is 0 Å². The highest BCUT2D eigenvalue weighted by Crippen LogP contribution is 2.11. The van der Waals surface area contributed by atoms with Gasteiger partial charge in [-0.3, -0.25) is 4.79 Å². The Hall–Kier alpha value is -0.690. The third-order valence-corrected chi connectivity index (χ3v) is 3.00. The molecule has 1 heterocycles. The average molecular weight is 259 g/mol. The standard InChI is InChI=1S/C12H25N3O3/c1-15-5-2-11(3-6-15)18-9-8-17-7-4-14-12(16)10-13/h11H,2-10,13H2,1H3,(H,14,16). The topological polar surface area (TPSA) is 76.8 Å². The second-order valence-electron chi connectivity index (χ2n) is 4.54. The SMILES string of the molecule is CN1CCC(OCCOCCNC(=O)CN)CC1. The lowest BCUT2D eigenvalue weighted by molar-refractivity contribution is -0.120. The lowest BCUT2D eigenvalue weighted by Gasteiger charge is -2.28. The van der Waals surface area contributed by atoms with Crippen LogP contribution in [0.15, 0.2) is 0 Å². The van der Waals surface area contributed by atoms with Crippen molar-refractivity contribution >= 4 is 5.91 Å². The highest BCUT2D eigenvalue weighted by Gasteiger charge is 2.16. The van der Waals surface area contributed by atoms with E-state index in [9.17, 15) is 4.79 Å². The van der Waals surface area contributed by atoms with Crippen molar-refractivity contribution in [3.05, 3.63) is 0 Å². The Morgan fingerprint density at radius 1 is 1.33 bits per heavy atom. The lowest BCUT2D eigenvalue weighted by Crippen LogP contribution is -2.35. The van der Waals surface area contributed by atoms with Crippen molar-refractivity contribution in [1.29, 1.82) is 0 Å². The molecule has 0 aromatic carbocycles. The molecule has 0 radical (unpaired) electrons. The summed E-state index contributed by atoms with van der Waals surface area (Å²) in [7, 11) is 2.13. The predicted molar refractivity (Wildman–Crippen MR) is 69.4 cm³/mol. The summed E-state index contributed by atoms with van der Waals surface area (Å²) in [6, 6.07) is 0. The molecule has 0 aromatic rings. The van der Waals surface area contributed by atoms with Gasteiger partial charge in [-0.05, 0) is 19.9 Å². The van der Waals surface area contributed by atoms with Crippen molar-refractivity contribution in [3.8, 4) is 0 Å². The van der Waals surface area contributed by atoms with E-state index in [0.29, 0.717) is 32.5 Å². The molecule has 0 unspecified atom stereocenters. The Morgan fingerprint density at radius 3 is 2.72 bits per heavy atom. The first-order valence-electron chi connectivity index (χ1n) is 6.57. The van der Waals surface area contributed by atoms with Crippen LogP contribution in [-0.2, 0) is 14.3 Å². The van der Waals surface area contributed by atoms with Gasteiger partial charge in [-0.2, -0.15) is 0 Å². The molecule has 0 aromatic heterocycles. The van der Waals surface area contributed by atoms with Gasteiger partial charge < -0.3 is 25.4 Å². The van der Waals surface area contributed by atoms with Gasteiger partial charge in [-0.1, -0.05) is 0 Å². The molecule has 1 aliphatic rings. The highest BCUT2D eigenvalue weighted by atomic mass is 16.5. The van der Waals surface area contributed by atoms with Crippen LogP contribution in [0.4, 0.5) is 0 Å². The monoisotopic (exact) mass is 259 g/mol. The molecule has 1 aliphatic heterocycles. The van der Waals surface area contributed by atoms with E-state index < -0.39 is 0 Å². The molecular weight excluding hydrogens is 234 g/mol. The molecule has 0 atom stereocenters. The number of nitrogens with one attached hydrogen (secondary N) is 1. The van der Waals surface area contributed by atoms with Crippen LogP contribution in [0.5, 0.6) is 0 Å². The quantitative estimate of drug-likeness (QED) is 0.558. The van der Waals surface area contributed by atoms with E-state index in [-0.39, 0.29) is 12.5 Å². The van der Waals surface area contributed by atoms with Gasteiger partial charge in [-0.15, -0.1) is 0 Å². The number of hydrogen-bond donors (Lipinski definition) is 2. The molecule has 1 amide bonds. The van der Waals surface area contributed by atoms with Crippen molar-refractivity contribution in [2.75, 3.05) is 53.0 Å². The van der Waals surface area contributed by atoms with Crippen molar-refractivity contribution in [2.24, 2.45) is 5.73 Å². The van der Waals surface area contributed by atoms with Crippen molar-refractivity contribution in [3.63, 3.8) is 0 Å². The smallest absolute Gasteiger partial charge is 0.233 e. The van der Waals surface area contributed by atoms with E-state index in [0.717, 1.165) is 25.9 Å². The maximum atomic E-state index is 10.8. The van der Waals surface area contributed by atoms with Gasteiger partial charge in [-0.25, -0.2) is 0 Å². The van der Waals surface area contributed by atoms with Gasteiger partial charge >= 0.3 is 0 Å². The summed E-state index contributed by atoms with van der Waals surface area (Å²) in [4.78, 5) is 13.1. The van der Waals surface area contributed by atoms with Gasteiger partial charge in [0.2, 0.25) is 5.91 Å². The van der Waals surface area contributed by atoms with Crippen molar-refractivity contribution in [2.45, 2.75) is 18.9 Å². The second kappa shape index (κ2) is 9.27. The molecule has 0 aliphatic carbocycles. The number of rotatable bonds is 8. The Morgan fingerprint density at radius 2 is 2.06 bits per heavy atom. The molecular formula is C12H25N3O3. The first-order valence-corrected chi connectivity index (χ1v) is 6.57. The third-order valence-electron chi connectivity index (χ3n) is 3.00. The molecule has 18 heavy (non-hydrogen) atoms. The summed E-state index contributed by atoms with van der Waals surface area (Å²) in [6.45, 7) is 4.45. The molecule has 0 saturated carbocycles. The van der Waals surface area contributed by atoms with Gasteiger partial charge in [0.1, 0.15) is 0 Å². The molecule has 1 saturated heterocycles. The average Bonchev–Trinajstić information content (AvgIpc) is 2.39. The minimum absolute atomic E-state index is 0.0270. The fourth-order valence-corrected chi connectivity index (χ4v) is 1.86. The zero-order valence-corrected chi connectivity index (χ0v) is 11.2. The van der Waals surface area contributed by atoms with Crippen molar-refractivity contribution in [1.82, 2.24) is 10.2 Å². The zero-order valence-electron chi connectivity index (χ0n) is 11.2. The minimum atomic E-state index is -0.152. The fraction of sp³-hybridized carbons (Fsp3) is 0.917. The Kier molecular flexibility index (Phi) is 7.91. The molecule has 6 heteroatoms. The van der Waals surface area contributed by atoms with E-state index in [1.54, 1.807) is 0 Å². The molecule has 106 valence electrons. The largest absolute Gasteiger partial charge is 0.377 e. The molecule has 6 nitrogen and oxygen atoms in total. The lowest BCUT2D eigenvalue weighted by atomic mass is 10.1. The first kappa shape index (κ1) is 15.4. The van der Waals surface area contributed by atoms with Crippen LogP contribution in [0.2, 0.25) is 0 Å². The number of likely N-dealkylation sites (tertiary alicyclic amines) is 1. The van der Waals surface area contributed by atoms with Crippen molar-refractivity contribution < 1.29 is 14.3 Å². The maximum absolute atomic E-state index is 10.8. The summed E-state index contributed by atoms with van der Waals surface area (Å²) >= 11 is 0. The third kappa shape index (κ3) is 6.90. The van der Waals surface area contributed by atoms with E-state index >= 15 is 0 Å². The number of nitrogens with two attached hydrogens (primary N) is 1. The number of nitrogens with zero attached hydrogens (tertiary/aromatic N) is 1. The fourth-order valence-electron chi connectivity index (χ4n) is 1.86. The first-order chi connectivity index (χ1) is 8.72. The van der Waals surface area contributed by atoms with Gasteiger partial charge in [0, 0.05) is 19.6 Å². The molecule has 0 spiro atoms. The van der Waals surface area contributed by atoms with Gasteiger partial charge in [0.25, 0.3) is 0 Å². The van der Waals surface area contributed by atoms with Gasteiger partial charge in [0.05, 0.1) is 32.5 Å². The summed E-state index contributed by atoms with van der Waals surface area (Å²) in [5.41, 5.74) is 5.15. The number of ether oxygens (including phenoxy) is 2. The van der Waals surface area contributed by atoms with Crippen LogP contribution in [-0.4, -0.2) is 70.0 Å². The summed E-state index contributed by atoms with van der Waals surface area (Å²) < 4.78 is 11.1. The predicted octanol–water partition coefficient (Wildman–Crippen LogP) is -0.811. The summed E-state index contributed by atoms with van der Waals surface area (Å²) in [6.07, 6.45) is 2.58. The maximum Gasteiger partial charge on any atom is 0.233 e. The van der Waals surface area contributed by atoms with E-state index in [1.165, 1.54) is 0 Å². The molecule has 1 rings (SSSR count). The number of piperidine rings is 1. The summed E-state index contributed by atoms with van der Waals surface area (Å²) in [5.74, 6) is -0.152. The van der Waals surface area contributed by atoms with Crippen LogP contribution in [0.25, 0.3) is 0 Å². The number of hydrogen-bond acceptors (Lipinski definition) is 5. The van der Waals surface area contributed by atoms with E-state index in [1.807, 2.05) is 0 Å². The van der Waals surface area contributed by atoms with Crippen LogP contribution in [0.1, 0.15) is 12.8 Å². The highest BCUT2D eigenvalue weighted by molar-refractivity contribution is 5.77. The van der Waals surface area contributed by atoms with Crippen LogP contribution < -0.4 is 11.1 Å². The number of amides is 1.